The van der Waals surface area contributed by atoms with Crippen LogP contribution in [0.5, 0.6) is 0 Å². The van der Waals surface area contributed by atoms with Crippen LogP contribution in [0.3, 0.4) is 0 Å². The molecule has 17 heavy (non-hydrogen) atoms. The maximum Gasteiger partial charge on any atom is 0.271 e. The fraction of sp³-hybridized carbons (Fsp3) is 0.357. The smallest absolute Gasteiger partial charge is 0.271 e. The zero-order valence-electron chi connectivity index (χ0n) is 10.8. The molecule has 0 amide bonds. The monoisotopic (exact) mass is 230 g/mol. The summed E-state index contributed by atoms with van der Waals surface area (Å²) in [6, 6.07) is 5.86. The first-order chi connectivity index (χ1) is 8.02. The maximum atomic E-state index is 11.9. The van der Waals surface area contributed by atoms with Crippen molar-refractivity contribution in [2.24, 2.45) is 0 Å². The molecule has 1 heterocycles. The molecule has 0 spiro atoms. The number of benzene rings is 1. The van der Waals surface area contributed by atoms with Crippen LogP contribution in [0.1, 0.15) is 29.3 Å². The molecule has 0 atom stereocenters. The Morgan fingerprint density at radius 1 is 1.12 bits per heavy atom. The molecule has 2 rings (SSSR count). The number of H-pyrrole nitrogens is 1. The number of aromatic amines is 1. The van der Waals surface area contributed by atoms with E-state index >= 15 is 0 Å². The second-order valence-corrected chi connectivity index (χ2v) is 4.56. The van der Waals surface area contributed by atoms with Gasteiger partial charge in [0.05, 0.1) is 5.69 Å². The number of nitrogens with zero attached hydrogens (tertiary/aromatic N) is 1. The standard InChI is InChI=1S/C14H18N2O/c1-5-12-8-13(17)16(15-12)14-10(3)6-9(2)7-11(14)4/h6-8,15H,5H2,1-4H3. The number of hydrogen-bond acceptors (Lipinski definition) is 1. The molecule has 1 aromatic heterocycles. The fourth-order valence-electron chi connectivity index (χ4n) is 2.32. The van der Waals surface area contributed by atoms with Gasteiger partial charge in [-0.3, -0.25) is 9.89 Å². The Morgan fingerprint density at radius 3 is 2.18 bits per heavy atom. The summed E-state index contributed by atoms with van der Waals surface area (Å²) in [5.74, 6) is 0. The molecule has 90 valence electrons. The van der Waals surface area contributed by atoms with E-state index in [1.165, 1.54) is 5.56 Å². The van der Waals surface area contributed by atoms with Crippen LogP contribution in [0.25, 0.3) is 5.69 Å². The molecule has 2 aromatic rings. The van der Waals surface area contributed by atoms with Gasteiger partial charge in [0.1, 0.15) is 0 Å². The number of hydrogen-bond donors (Lipinski definition) is 1. The first kappa shape index (κ1) is 11.7. The van der Waals surface area contributed by atoms with Crippen molar-refractivity contribution in [3.63, 3.8) is 0 Å². The Hall–Kier alpha value is -1.77. The molecular weight excluding hydrogens is 212 g/mol. The van der Waals surface area contributed by atoms with E-state index in [1.807, 2.05) is 20.8 Å². The Morgan fingerprint density at radius 2 is 1.71 bits per heavy atom. The van der Waals surface area contributed by atoms with Gasteiger partial charge in [0.15, 0.2) is 0 Å². The van der Waals surface area contributed by atoms with Crippen molar-refractivity contribution in [1.29, 1.82) is 0 Å². The Kier molecular flexibility index (Phi) is 2.92. The van der Waals surface area contributed by atoms with Crippen molar-refractivity contribution in [3.05, 3.63) is 50.9 Å². The maximum absolute atomic E-state index is 11.9. The number of aromatic nitrogens is 2. The van der Waals surface area contributed by atoms with E-state index in [0.29, 0.717) is 0 Å². The van der Waals surface area contributed by atoms with Crippen LogP contribution in [0.2, 0.25) is 0 Å². The van der Waals surface area contributed by atoms with Gasteiger partial charge in [-0.05, 0) is 38.3 Å². The van der Waals surface area contributed by atoms with Crippen LogP contribution >= 0.6 is 0 Å². The average molecular weight is 230 g/mol. The molecule has 0 saturated heterocycles. The van der Waals surface area contributed by atoms with Crippen molar-refractivity contribution in [3.8, 4) is 5.69 Å². The summed E-state index contributed by atoms with van der Waals surface area (Å²) in [4.78, 5) is 11.9. The largest absolute Gasteiger partial charge is 0.295 e. The minimum Gasteiger partial charge on any atom is -0.295 e. The lowest BCUT2D eigenvalue weighted by Crippen LogP contribution is -2.16. The van der Waals surface area contributed by atoms with Crippen LogP contribution in [-0.2, 0) is 6.42 Å². The molecule has 0 unspecified atom stereocenters. The summed E-state index contributed by atoms with van der Waals surface area (Å²) in [7, 11) is 0. The normalized spacial score (nSPS) is 10.8. The molecule has 0 fully saturated rings. The van der Waals surface area contributed by atoms with Crippen LogP contribution in [-0.4, -0.2) is 9.78 Å². The molecule has 0 aliphatic heterocycles. The van der Waals surface area contributed by atoms with E-state index in [1.54, 1.807) is 10.7 Å². The highest BCUT2D eigenvalue weighted by molar-refractivity contribution is 5.48. The summed E-state index contributed by atoms with van der Waals surface area (Å²) in [6.07, 6.45) is 0.839. The van der Waals surface area contributed by atoms with Gasteiger partial charge in [0.2, 0.25) is 0 Å². The molecule has 0 aliphatic rings. The number of rotatable bonds is 2. The van der Waals surface area contributed by atoms with Crippen molar-refractivity contribution >= 4 is 0 Å². The second kappa shape index (κ2) is 4.24. The molecule has 3 nitrogen and oxygen atoms in total. The minimum atomic E-state index is 0.0110. The van der Waals surface area contributed by atoms with Crippen LogP contribution < -0.4 is 5.56 Å². The third-order valence-corrected chi connectivity index (χ3v) is 3.01. The van der Waals surface area contributed by atoms with E-state index in [4.69, 9.17) is 0 Å². The highest BCUT2D eigenvalue weighted by Gasteiger charge is 2.10. The van der Waals surface area contributed by atoms with E-state index in [-0.39, 0.29) is 5.56 Å². The van der Waals surface area contributed by atoms with Crippen molar-refractivity contribution in [2.75, 3.05) is 0 Å². The molecule has 3 heteroatoms. The molecular formula is C14H18N2O. The number of nitrogens with one attached hydrogen (secondary N) is 1. The Labute approximate surface area is 101 Å². The third kappa shape index (κ3) is 2.05. The van der Waals surface area contributed by atoms with Gasteiger partial charge in [-0.1, -0.05) is 24.6 Å². The van der Waals surface area contributed by atoms with Gasteiger partial charge >= 0.3 is 0 Å². The average Bonchev–Trinajstić information content (AvgIpc) is 2.59. The Bertz CT molecular complexity index is 582. The summed E-state index contributed by atoms with van der Waals surface area (Å²) in [5.41, 5.74) is 5.41. The second-order valence-electron chi connectivity index (χ2n) is 4.56. The summed E-state index contributed by atoms with van der Waals surface area (Å²) < 4.78 is 1.64. The van der Waals surface area contributed by atoms with E-state index in [9.17, 15) is 4.79 Å². The quantitative estimate of drug-likeness (QED) is 0.846. The van der Waals surface area contributed by atoms with Crippen molar-refractivity contribution in [1.82, 2.24) is 9.78 Å². The van der Waals surface area contributed by atoms with Crippen molar-refractivity contribution < 1.29 is 0 Å². The Balaban J connectivity index is 2.68. The van der Waals surface area contributed by atoms with Crippen LogP contribution in [0.4, 0.5) is 0 Å². The summed E-state index contributed by atoms with van der Waals surface area (Å²) in [5, 5.41) is 3.15. The number of aryl methyl sites for hydroxylation is 4. The molecule has 1 N–H and O–H groups in total. The zero-order valence-corrected chi connectivity index (χ0v) is 10.8. The first-order valence-corrected chi connectivity index (χ1v) is 5.92. The highest BCUT2D eigenvalue weighted by Crippen LogP contribution is 2.19. The van der Waals surface area contributed by atoms with Gasteiger partial charge in [-0.2, -0.15) is 0 Å². The fourth-order valence-corrected chi connectivity index (χ4v) is 2.32. The van der Waals surface area contributed by atoms with E-state index < -0.39 is 0 Å². The van der Waals surface area contributed by atoms with Crippen LogP contribution in [0.15, 0.2) is 23.0 Å². The molecule has 0 radical (unpaired) electrons. The zero-order chi connectivity index (χ0) is 12.6. The van der Waals surface area contributed by atoms with Gasteiger partial charge in [-0.25, -0.2) is 4.68 Å². The molecule has 0 bridgehead atoms. The van der Waals surface area contributed by atoms with Crippen LogP contribution in [0, 0.1) is 20.8 Å². The predicted octanol–water partition coefficient (Wildman–Crippen LogP) is 2.65. The van der Waals surface area contributed by atoms with Gasteiger partial charge in [0, 0.05) is 11.8 Å². The van der Waals surface area contributed by atoms with Crippen molar-refractivity contribution in [2.45, 2.75) is 34.1 Å². The topological polar surface area (TPSA) is 37.8 Å². The summed E-state index contributed by atoms with van der Waals surface area (Å²) in [6.45, 7) is 8.17. The van der Waals surface area contributed by atoms with E-state index in [2.05, 4.69) is 24.2 Å². The van der Waals surface area contributed by atoms with E-state index in [0.717, 1.165) is 28.9 Å². The minimum absolute atomic E-state index is 0.0110. The SMILES string of the molecule is CCc1cc(=O)n(-c2c(C)cc(C)cc2C)[nH]1. The lowest BCUT2D eigenvalue weighted by molar-refractivity contribution is 0.807. The van der Waals surface area contributed by atoms with Gasteiger partial charge in [0.25, 0.3) is 5.56 Å². The summed E-state index contributed by atoms with van der Waals surface area (Å²) >= 11 is 0. The third-order valence-electron chi connectivity index (χ3n) is 3.01. The molecule has 0 saturated carbocycles. The molecule has 1 aromatic carbocycles. The highest BCUT2D eigenvalue weighted by atomic mass is 16.1. The molecule has 0 aliphatic carbocycles. The lowest BCUT2D eigenvalue weighted by atomic mass is 10.1. The van der Waals surface area contributed by atoms with Gasteiger partial charge < -0.3 is 0 Å². The van der Waals surface area contributed by atoms with Gasteiger partial charge in [-0.15, -0.1) is 0 Å². The predicted molar refractivity (Wildman–Crippen MR) is 70.0 cm³/mol. The first-order valence-electron chi connectivity index (χ1n) is 5.92. The lowest BCUT2D eigenvalue weighted by Gasteiger charge is -2.11.